The smallest absolute Gasteiger partial charge is 0.229 e. The Kier molecular flexibility index (Phi) is 7.32. The third kappa shape index (κ3) is 5.34. The lowest BCUT2D eigenvalue weighted by atomic mass is 9.87. The fraction of sp³-hybridized carbons (Fsp3) is 0.231. The largest absolute Gasteiger partial charge is 0.325 e. The fourth-order valence-corrected chi connectivity index (χ4v) is 4.12. The minimum atomic E-state index is 0.124. The molecule has 3 rings (SSSR count). The molecule has 32 heavy (non-hydrogen) atoms. The maximum Gasteiger partial charge on any atom is 0.229 e. The molecule has 1 aromatic heterocycles. The van der Waals surface area contributed by atoms with E-state index in [4.69, 9.17) is 11.6 Å². The summed E-state index contributed by atoms with van der Waals surface area (Å²) in [4.78, 5) is 11.9. The Morgan fingerprint density at radius 1 is 1.12 bits per heavy atom. The molecule has 0 atom stereocenters. The lowest BCUT2D eigenvalue weighted by Gasteiger charge is -2.24. The van der Waals surface area contributed by atoms with Gasteiger partial charge in [0.1, 0.15) is 0 Å². The predicted octanol–water partition coefficient (Wildman–Crippen LogP) is 7.61. The molecule has 0 aliphatic carbocycles. The van der Waals surface area contributed by atoms with Gasteiger partial charge in [-0.1, -0.05) is 63.7 Å². The van der Waals surface area contributed by atoms with Crippen molar-refractivity contribution in [1.82, 2.24) is 9.97 Å². The van der Waals surface area contributed by atoms with Crippen molar-refractivity contribution in [2.45, 2.75) is 38.0 Å². The van der Waals surface area contributed by atoms with Crippen LogP contribution < -0.4 is 9.62 Å². The Hall–Kier alpha value is -2.76. The first-order chi connectivity index (χ1) is 15.1. The molecule has 0 spiro atoms. The van der Waals surface area contributed by atoms with Crippen LogP contribution in [0.3, 0.4) is 0 Å². The van der Waals surface area contributed by atoms with E-state index in [2.05, 4.69) is 72.9 Å². The molecule has 1 heterocycles. The van der Waals surface area contributed by atoms with Crippen molar-refractivity contribution < 1.29 is 0 Å². The van der Waals surface area contributed by atoms with Crippen molar-refractivity contribution in [3.05, 3.63) is 89.2 Å². The summed E-state index contributed by atoms with van der Waals surface area (Å²) in [6, 6.07) is 14.3. The second-order valence-electron chi connectivity index (χ2n) is 8.57. The van der Waals surface area contributed by atoms with E-state index in [9.17, 15) is 0 Å². The van der Waals surface area contributed by atoms with E-state index in [1.807, 2.05) is 37.1 Å². The zero-order valence-corrected chi connectivity index (χ0v) is 20.8. The highest BCUT2D eigenvalue weighted by atomic mass is 35.5. The van der Waals surface area contributed by atoms with Crippen LogP contribution in [0.2, 0.25) is 5.02 Å². The molecule has 6 heteroatoms. The first-order valence-corrected chi connectivity index (χ1v) is 11.5. The van der Waals surface area contributed by atoms with Gasteiger partial charge in [0.2, 0.25) is 5.95 Å². The summed E-state index contributed by atoms with van der Waals surface area (Å²) >= 11 is 8.04. The Bertz CT molecular complexity index is 1130. The number of nitrogens with one attached hydrogen (secondary N) is 1. The number of hydrogen-bond donors (Lipinski definition) is 1. The molecule has 0 saturated carbocycles. The Morgan fingerprint density at radius 3 is 2.41 bits per heavy atom. The van der Waals surface area contributed by atoms with Gasteiger partial charge in [-0.25, -0.2) is 9.97 Å². The van der Waals surface area contributed by atoms with Gasteiger partial charge in [-0.3, -0.25) is 0 Å². The maximum atomic E-state index is 6.50. The van der Waals surface area contributed by atoms with Gasteiger partial charge in [0.15, 0.2) is 0 Å². The molecule has 0 amide bonds. The third-order valence-electron chi connectivity index (χ3n) is 5.17. The average Bonchev–Trinajstić information content (AvgIpc) is 2.76. The summed E-state index contributed by atoms with van der Waals surface area (Å²) in [5, 5.41) is 0.611. The van der Waals surface area contributed by atoms with Crippen LogP contribution in [0.15, 0.2) is 66.7 Å². The van der Waals surface area contributed by atoms with Gasteiger partial charge in [0.05, 0.1) is 5.69 Å². The quantitative estimate of drug-likeness (QED) is 0.364. The van der Waals surface area contributed by atoms with Crippen molar-refractivity contribution in [3.63, 3.8) is 0 Å². The standard InChI is InChI=1S/C26H29ClN4S/c1-8-21-22(27)13-14-23(30-32-20-11-9-19(10-12-20)26(4,5)6)24(21)18(3)31(7)25-28-16-15-17(2)29-25/h8-16,30H,1,3H2,2,4-7H3. The lowest BCUT2D eigenvalue weighted by molar-refractivity contribution is 0.590. The van der Waals surface area contributed by atoms with Crippen LogP contribution in [-0.4, -0.2) is 17.0 Å². The van der Waals surface area contributed by atoms with E-state index in [-0.39, 0.29) is 5.41 Å². The number of aryl methyl sites for hydroxylation is 1. The van der Waals surface area contributed by atoms with Gasteiger partial charge < -0.3 is 9.62 Å². The summed E-state index contributed by atoms with van der Waals surface area (Å²) in [6.07, 6.45) is 3.49. The number of hydrogen-bond acceptors (Lipinski definition) is 5. The molecular formula is C26H29ClN4S. The van der Waals surface area contributed by atoms with Gasteiger partial charge in [-0.15, -0.1) is 0 Å². The Morgan fingerprint density at radius 2 is 1.81 bits per heavy atom. The monoisotopic (exact) mass is 464 g/mol. The Labute approximate surface area is 200 Å². The van der Waals surface area contributed by atoms with Crippen LogP contribution in [0, 0.1) is 6.92 Å². The Balaban J connectivity index is 1.92. The summed E-state index contributed by atoms with van der Waals surface area (Å²) in [6.45, 7) is 16.9. The van der Waals surface area contributed by atoms with Crippen molar-refractivity contribution in [2.24, 2.45) is 0 Å². The van der Waals surface area contributed by atoms with E-state index in [0.29, 0.717) is 11.0 Å². The molecular weight excluding hydrogens is 436 g/mol. The normalized spacial score (nSPS) is 11.2. The summed E-state index contributed by atoms with van der Waals surface area (Å²) < 4.78 is 3.47. The van der Waals surface area contributed by atoms with Gasteiger partial charge >= 0.3 is 0 Å². The van der Waals surface area contributed by atoms with Crippen molar-refractivity contribution in [3.8, 4) is 0 Å². The van der Waals surface area contributed by atoms with E-state index in [0.717, 1.165) is 33.1 Å². The second-order valence-corrected chi connectivity index (χ2v) is 9.86. The lowest BCUT2D eigenvalue weighted by Crippen LogP contribution is -2.19. The second kappa shape index (κ2) is 9.80. The molecule has 166 valence electrons. The van der Waals surface area contributed by atoms with Crippen LogP contribution in [0.5, 0.6) is 0 Å². The summed E-state index contributed by atoms with van der Waals surface area (Å²) in [5.41, 5.74) is 5.59. The molecule has 3 aromatic rings. The fourth-order valence-electron chi connectivity index (χ4n) is 3.21. The van der Waals surface area contributed by atoms with E-state index in [1.165, 1.54) is 5.56 Å². The molecule has 0 bridgehead atoms. The highest BCUT2D eigenvalue weighted by molar-refractivity contribution is 8.00. The van der Waals surface area contributed by atoms with Crippen LogP contribution in [0.4, 0.5) is 11.6 Å². The number of benzene rings is 2. The number of aromatic nitrogens is 2. The van der Waals surface area contributed by atoms with Crippen molar-refractivity contribution in [1.29, 1.82) is 0 Å². The molecule has 1 N–H and O–H groups in total. The maximum absolute atomic E-state index is 6.50. The molecule has 0 radical (unpaired) electrons. The van der Waals surface area contributed by atoms with E-state index >= 15 is 0 Å². The number of halogens is 1. The number of rotatable bonds is 7. The van der Waals surface area contributed by atoms with Crippen LogP contribution >= 0.6 is 23.5 Å². The highest BCUT2D eigenvalue weighted by Gasteiger charge is 2.19. The number of anilines is 2. The van der Waals surface area contributed by atoms with Gasteiger partial charge in [-0.2, -0.15) is 0 Å². The molecule has 0 unspecified atom stereocenters. The van der Waals surface area contributed by atoms with Crippen LogP contribution in [0.25, 0.3) is 11.8 Å². The molecule has 0 fully saturated rings. The minimum Gasteiger partial charge on any atom is -0.325 e. The summed E-state index contributed by atoms with van der Waals surface area (Å²) in [7, 11) is 1.90. The molecule has 2 aromatic carbocycles. The topological polar surface area (TPSA) is 41.0 Å². The molecule has 0 aliphatic heterocycles. The van der Waals surface area contributed by atoms with Gasteiger partial charge in [0, 0.05) is 45.7 Å². The number of nitrogens with zero attached hydrogens (tertiary/aromatic N) is 3. The minimum absolute atomic E-state index is 0.124. The molecule has 0 saturated heterocycles. The molecule has 0 aliphatic rings. The third-order valence-corrected chi connectivity index (χ3v) is 6.33. The zero-order chi connectivity index (χ0) is 23.5. The average molecular weight is 465 g/mol. The van der Waals surface area contributed by atoms with Crippen molar-refractivity contribution in [2.75, 3.05) is 16.7 Å². The highest BCUT2D eigenvalue weighted by Crippen LogP contribution is 2.37. The van der Waals surface area contributed by atoms with Gasteiger partial charge in [-0.05, 0) is 60.2 Å². The van der Waals surface area contributed by atoms with Gasteiger partial charge in [0.25, 0.3) is 0 Å². The van der Waals surface area contributed by atoms with E-state index in [1.54, 1.807) is 24.2 Å². The first-order valence-electron chi connectivity index (χ1n) is 10.3. The predicted molar refractivity (Wildman–Crippen MR) is 140 cm³/mol. The van der Waals surface area contributed by atoms with Crippen molar-refractivity contribution >= 4 is 47.0 Å². The van der Waals surface area contributed by atoms with Crippen LogP contribution in [0.1, 0.15) is 43.2 Å². The van der Waals surface area contributed by atoms with E-state index < -0.39 is 0 Å². The van der Waals surface area contributed by atoms with Crippen LogP contribution in [-0.2, 0) is 5.41 Å². The first kappa shape index (κ1) is 23.9. The summed E-state index contributed by atoms with van der Waals surface area (Å²) in [5.74, 6) is 0.571. The SMILES string of the molecule is C=Cc1c(Cl)ccc(NSc2ccc(C(C)(C)C)cc2)c1C(=C)N(C)c1nccc(C)n1. The zero-order valence-electron chi connectivity index (χ0n) is 19.2. The molecule has 4 nitrogen and oxygen atoms in total.